The van der Waals surface area contributed by atoms with Crippen molar-refractivity contribution < 1.29 is 22.8 Å². The van der Waals surface area contributed by atoms with Gasteiger partial charge in [-0.1, -0.05) is 30.3 Å². The zero-order valence-corrected chi connectivity index (χ0v) is 23.2. The van der Waals surface area contributed by atoms with E-state index in [0.717, 1.165) is 27.8 Å². The number of para-hydroxylation sites is 1. The van der Waals surface area contributed by atoms with Crippen LogP contribution in [0.15, 0.2) is 94.0 Å². The first-order valence-electron chi connectivity index (χ1n) is 12.0. The molecule has 3 aromatic heterocycles. The number of thiophene rings is 2. The highest BCUT2D eigenvalue weighted by Crippen LogP contribution is 2.21. The molecule has 0 aliphatic rings. The van der Waals surface area contributed by atoms with E-state index in [1.165, 1.54) is 41.7 Å². The summed E-state index contributed by atoms with van der Waals surface area (Å²) in [5, 5.41) is 7.10. The number of aromatic nitrogens is 1. The van der Waals surface area contributed by atoms with Gasteiger partial charge in [0, 0.05) is 34.8 Å². The molecule has 0 fully saturated rings. The van der Waals surface area contributed by atoms with Gasteiger partial charge in [0.2, 0.25) is 0 Å². The summed E-state index contributed by atoms with van der Waals surface area (Å²) in [6.45, 7) is 0. The van der Waals surface area contributed by atoms with Crippen LogP contribution in [0.4, 0.5) is 5.69 Å². The van der Waals surface area contributed by atoms with Crippen LogP contribution in [0.1, 0.15) is 25.6 Å². The number of hydrazine groups is 1. The summed E-state index contributed by atoms with van der Waals surface area (Å²) in [5.74, 6) is -1.62. The average molecular weight is 594 g/mol. The van der Waals surface area contributed by atoms with Crippen molar-refractivity contribution in [1.82, 2.24) is 21.2 Å². The van der Waals surface area contributed by atoms with Crippen molar-refractivity contribution in [1.29, 1.82) is 0 Å². The molecule has 204 valence electrons. The molecule has 3 heterocycles. The first kappa shape index (κ1) is 27.1. The molecule has 0 radical (unpaired) electrons. The lowest BCUT2D eigenvalue weighted by atomic mass is 10.0. The van der Waals surface area contributed by atoms with E-state index >= 15 is 0 Å². The largest absolute Gasteiger partial charge is 0.361 e. The maximum Gasteiger partial charge on any atom is 0.271 e. The van der Waals surface area contributed by atoms with Gasteiger partial charge in [-0.2, -0.15) is 0 Å². The number of nitrogens with one attached hydrogen (secondary N) is 5. The number of H-pyrrole nitrogens is 1. The van der Waals surface area contributed by atoms with Gasteiger partial charge in [0.1, 0.15) is 10.3 Å². The Morgan fingerprint density at radius 1 is 0.825 bits per heavy atom. The van der Waals surface area contributed by atoms with E-state index in [1.807, 2.05) is 24.3 Å². The van der Waals surface area contributed by atoms with Crippen molar-refractivity contribution in [2.24, 2.45) is 0 Å². The number of fused-ring (bicyclic) bond motifs is 1. The fraction of sp³-hybridized carbons (Fsp3) is 0.0741. The van der Waals surface area contributed by atoms with Gasteiger partial charge in [0.15, 0.2) is 0 Å². The zero-order valence-electron chi connectivity index (χ0n) is 20.7. The van der Waals surface area contributed by atoms with Crippen LogP contribution in [0, 0.1) is 0 Å². The lowest BCUT2D eigenvalue weighted by Crippen LogP contribution is -2.53. The lowest BCUT2D eigenvalue weighted by Gasteiger charge is -2.18. The van der Waals surface area contributed by atoms with Gasteiger partial charge in [-0.15, -0.1) is 22.7 Å². The molecule has 0 saturated heterocycles. The van der Waals surface area contributed by atoms with Crippen LogP contribution in [-0.2, 0) is 21.2 Å². The zero-order chi connectivity index (χ0) is 28.1. The normalized spacial score (nSPS) is 12.0. The Hall–Kier alpha value is -4.46. The molecule has 5 aromatic rings. The number of carbonyl (C=O) groups excluding carboxylic acids is 3. The number of amides is 3. The molecule has 0 spiro atoms. The van der Waals surface area contributed by atoms with E-state index in [4.69, 9.17) is 0 Å². The quantitative estimate of drug-likeness (QED) is 0.164. The third-order valence-electron chi connectivity index (χ3n) is 5.92. The number of aromatic amines is 1. The standard InChI is InChI=1S/C27H23N5O5S3/c33-25(17-9-11-19(12-10-17)32-40(36,37)24-8-4-14-39-24)30-31-26(34)22(29-27(35)23-7-3-13-38-23)15-18-16-28-21-6-2-1-5-20(18)21/h1-14,16,22,28,32H,15H2,(H,29,35)(H,30,33)(H,31,34). The van der Waals surface area contributed by atoms with E-state index in [0.29, 0.717) is 4.88 Å². The van der Waals surface area contributed by atoms with E-state index in [9.17, 15) is 22.8 Å². The first-order chi connectivity index (χ1) is 19.3. The number of hydrogen-bond acceptors (Lipinski definition) is 7. The van der Waals surface area contributed by atoms with Crippen LogP contribution >= 0.6 is 22.7 Å². The SMILES string of the molecule is O=C(NNC(=O)C(Cc1c[nH]c2ccccc12)NC(=O)c1cccs1)c1ccc(NS(=O)(=O)c2cccs2)cc1. The van der Waals surface area contributed by atoms with Gasteiger partial charge in [-0.25, -0.2) is 8.42 Å². The summed E-state index contributed by atoms with van der Waals surface area (Å²) in [6.07, 6.45) is 1.97. The highest BCUT2D eigenvalue weighted by atomic mass is 32.2. The Kier molecular flexibility index (Phi) is 7.96. The number of carbonyl (C=O) groups is 3. The van der Waals surface area contributed by atoms with Crippen molar-refractivity contribution in [3.8, 4) is 0 Å². The lowest BCUT2D eigenvalue weighted by molar-refractivity contribution is -0.123. The van der Waals surface area contributed by atoms with Crippen LogP contribution in [0.3, 0.4) is 0 Å². The molecular weight excluding hydrogens is 571 g/mol. The Balaban J connectivity index is 1.25. The molecular formula is C27H23N5O5S3. The number of anilines is 1. The summed E-state index contributed by atoms with van der Waals surface area (Å²) in [4.78, 5) is 42.2. The second-order valence-electron chi connectivity index (χ2n) is 8.63. The van der Waals surface area contributed by atoms with Gasteiger partial charge in [0.25, 0.3) is 27.7 Å². The van der Waals surface area contributed by atoms with Gasteiger partial charge in [0.05, 0.1) is 4.88 Å². The van der Waals surface area contributed by atoms with Crippen LogP contribution in [0.2, 0.25) is 0 Å². The van der Waals surface area contributed by atoms with Crippen LogP contribution in [-0.4, -0.2) is 37.2 Å². The molecule has 0 saturated carbocycles. The smallest absolute Gasteiger partial charge is 0.271 e. The molecule has 5 rings (SSSR count). The number of rotatable bonds is 9. The number of benzene rings is 2. The van der Waals surface area contributed by atoms with E-state index in [2.05, 4.69) is 25.9 Å². The average Bonchev–Trinajstić information content (AvgIpc) is 3.74. The topological polar surface area (TPSA) is 149 Å². The summed E-state index contributed by atoms with van der Waals surface area (Å²) >= 11 is 2.34. The van der Waals surface area contributed by atoms with Gasteiger partial charge in [-0.05, 0) is 58.8 Å². The minimum absolute atomic E-state index is 0.172. The monoisotopic (exact) mass is 593 g/mol. The highest BCUT2D eigenvalue weighted by Gasteiger charge is 2.24. The molecule has 3 amide bonds. The first-order valence-corrected chi connectivity index (χ1v) is 15.2. The predicted molar refractivity (Wildman–Crippen MR) is 155 cm³/mol. The molecule has 0 aliphatic heterocycles. The van der Waals surface area contributed by atoms with Crippen LogP contribution in [0.25, 0.3) is 10.9 Å². The van der Waals surface area contributed by atoms with Crippen molar-refractivity contribution >= 4 is 67.0 Å². The number of hydrogen-bond donors (Lipinski definition) is 5. The molecule has 1 atom stereocenters. The Labute approximate surface area is 237 Å². The third kappa shape index (κ3) is 6.22. The third-order valence-corrected chi connectivity index (χ3v) is 9.57. The van der Waals surface area contributed by atoms with E-state index in [-0.39, 0.29) is 21.9 Å². The molecule has 0 bridgehead atoms. The maximum atomic E-state index is 13.1. The summed E-state index contributed by atoms with van der Waals surface area (Å²) in [7, 11) is -3.72. The van der Waals surface area contributed by atoms with E-state index in [1.54, 1.807) is 35.2 Å². The fourth-order valence-corrected chi connectivity index (χ4v) is 6.63. The summed E-state index contributed by atoms with van der Waals surface area (Å²) in [6, 6.07) is 18.9. The Bertz CT molecular complexity index is 1750. The molecule has 10 nitrogen and oxygen atoms in total. The predicted octanol–water partition coefficient (Wildman–Crippen LogP) is 3.89. The number of sulfonamides is 1. The van der Waals surface area contributed by atoms with Crippen LogP contribution in [0.5, 0.6) is 0 Å². The van der Waals surface area contributed by atoms with Crippen molar-refractivity contribution in [3.05, 3.63) is 106 Å². The van der Waals surface area contributed by atoms with Crippen molar-refractivity contribution in [2.75, 3.05) is 4.72 Å². The van der Waals surface area contributed by atoms with Gasteiger partial charge < -0.3 is 10.3 Å². The van der Waals surface area contributed by atoms with Crippen LogP contribution < -0.4 is 20.9 Å². The molecule has 2 aromatic carbocycles. The summed E-state index contributed by atoms with van der Waals surface area (Å²) < 4.78 is 27.4. The molecule has 13 heteroatoms. The van der Waals surface area contributed by atoms with Gasteiger partial charge >= 0.3 is 0 Å². The second-order valence-corrected chi connectivity index (χ2v) is 12.4. The molecule has 1 unspecified atom stereocenters. The van der Waals surface area contributed by atoms with Crippen molar-refractivity contribution in [2.45, 2.75) is 16.7 Å². The highest BCUT2D eigenvalue weighted by molar-refractivity contribution is 7.94. The fourth-order valence-electron chi connectivity index (χ4n) is 3.96. The maximum absolute atomic E-state index is 13.1. The van der Waals surface area contributed by atoms with Crippen molar-refractivity contribution in [3.63, 3.8) is 0 Å². The summed E-state index contributed by atoms with van der Waals surface area (Å²) in [5.41, 5.74) is 6.95. The Morgan fingerprint density at radius 3 is 2.30 bits per heavy atom. The minimum Gasteiger partial charge on any atom is -0.361 e. The second kappa shape index (κ2) is 11.7. The molecule has 0 aliphatic carbocycles. The van der Waals surface area contributed by atoms with Gasteiger partial charge in [-0.3, -0.25) is 30.0 Å². The molecule has 40 heavy (non-hydrogen) atoms. The Morgan fingerprint density at radius 2 is 1.57 bits per heavy atom. The molecule has 5 N–H and O–H groups in total. The van der Waals surface area contributed by atoms with E-state index < -0.39 is 33.8 Å². The minimum atomic E-state index is -3.72.